The molecule has 0 amide bonds. The van der Waals surface area contributed by atoms with Crippen LogP contribution in [0, 0.1) is 0 Å². The van der Waals surface area contributed by atoms with E-state index in [1.54, 1.807) is 7.11 Å². The molecule has 1 aliphatic rings. The molecule has 1 aliphatic carbocycles. The monoisotopic (exact) mass is 264 g/mol. The van der Waals surface area contributed by atoms with E-state index in [1.807, 2.05) is 38.1 Å². The zero-order valence-corrected chi connectivity index (χ0v) is 12.1. The number of para-hydroxylation sites is 1. The van der Waals surface area contributed by atoms with Gasteiger partial charge in [-0.2, -0.15) is 0 Å². The van der Waals surface area contributed by atoms with E-state index in [4.69, 9.17) is 9.47 Å². The fraction of sp³-hybridized carbons (Fsp3) is 0.625. The number of hydrogen-bond acceptors (Lipinski definition) is 3. The molecule has 19 heavy (non-hydrogen) atoms. The van der Waals surface area contributed by atoms with Crippen LogP contribution in [0.5, 0.6) is 5.75 Å². The number of methoxy groups -OCH3 is 1. The number of hydrogen-bond donors (Lipinski definition) is 1. The molecule has 0 heterocycles. The van der Waals surface area contributed by atoms with Crippen LogP contribution in [-0.4, -0.2) is 24.4 Å². The van der Waals surface area contributed by atoms with Crippen molar-refractivity contribution in [3.8, 4) is 5.75 Å². The second kappa shape index (κ2) is 5.93. The first kappa shape index (κ1) is 14.4. The first-order chi connectivity index (χ1) is 9.05. The van der Waals surface area contributed by atoms with Gasteiger partial charge in [0.2, 0.25) is 0 Å². The minimum atomic E-state index is -0.777. The lowest BCUT2D eigenvalue weighted by Gasteiger charge is -2.36. The Labute approximate surface area is 115 Å². The minimum absolute atomic E-state index is 0.111. The summed E-state index contributed by atoms with van der Waals surface area (Å²) >= 11 is 0. The van der Waals surface area contributed by atoms with Crippen molar-refractivity contribution in [2.45, 2.75) is 57.3 Å². The molecule has 0 bridgehead atoms. The Morgan fingerprint density at radius 1 is 1.21 bits per heavy atom. The number of benzene rings is 1. The van der Waals surface area contributed by atoms with E-state index in [9.17, 15) is 5.11 Å². The van der Waals surface area contributed by atoms with Crippen molar-refractivity contribution in [1.29, 1.82) is 0 Å². The Bertz CT molecular complexity index is 406. The molecule has 0 atom stereocenters. The molecule has 106 valence electrons. The van der Waals surface area contributed by atoms with Crippen molar-refractivity contribution >= 4 is 0 Å². The molecule has 1 saturated carbocycles. The average molecular weight is 264 g/mol. The quantitative estimate of drug-likeness (QED) is 0.907. The lowest BCUT2D eigenvalue weighted by molar-refractivity contribution is -0.0491. The minimum Gasteiger partial charge on any atom is -0.491 e. The second-order valence-corrected chi connectivity index (χ2v) is 5.63. The molecule has 0 radical (unpaired) electrons. The number of ether oxygens (including phenoxy) is 2. The highest BCUT2D eigenvalue weighted by atomic mass is 16.5. The average Bonchev–Trinajstić information content (AvgIpc) is 2.39. The molecule has 1 N–H and O–H groups in total. The van der Waals surface area contributed by atoms with Gasteiger partial charge in [0.05, 0.1) is 17.8 Å². The van der Waals surface area contributed by atoms with Crippen LogP contribution in [0.4, 0.5) is 0 Å². The third kappa shape index (κ3) is 3.28. The van der Waals surface area contributed by atoms with Crippen LogP contribution in [0.1, 0.15) is 45.1 Å². The van der Waals surface area contributed by atoms with Crippen molar-refractivity contribution in [2.75, 3.05) is 7.11 Å². The Hall–Kier alpha value is -1.06. The number of aliphatic hydroxyl groups is 1. The summed E-state index contributed by atoms with van der Waals surface area (Å²) < 4.78 is 11.2. The molecule has 0 aliphatic heterocycles. The third-order valence-corrected chi connectivity index (χ3v) is 3.84. The molecule has 1 aromatic carbocycles. The first-order valence-electron chi connectivity index (χ1n) is 7.06. The Morgan fingerprint density at radius 2 is 1.84 bits per heavy atom. The molecule has 2 rings (SSSR count). The predicted octanol–water partition coefficient (Wildman–Crippen LogP) is 3.25. The van der Waals surface area contributed by atoms with Crippen molar-refractivity contribution in [3.05, 3.63) is 29.8 Å². The zero-order chi connectivity index (χ0) is 13.9. The van der Waals surface area contributed by atoms with E-state index in [2.05, 4.69) is 0 Å². The van der Waals surface area contributed by atoms with Crippen molar-refractivity contribution in [2.24, 2.45) is 0 Å². The first-order valence-corrected chi connectivity index (χ1v) is 7.06. The van der Waals surface area contributed by atoms with Gasteiger partial charge in [-0.15, -0.1) is 0 Å². The van der Waals surface area contributed by atoms with Crippen LogP contribution in [-0.2, 0) is 10.3 Å². The lowest BCUT2D eigenvalue weighted by Crippen LogP contribution is -2.34. The van der Waals surface area contributed by atoms with E-state index in [0.29, 0.717) is 0 Å². The summed E-state index contributed by atoms with van der Waals surface area (Å²) in [4.78, 5) is 0. The van der Waals surface area contributed by atoms with Crippen molar-refractivity contribution in [1.82, 2.24) is 0 Å². The summed E-state index contributed by atoms with van der Waals surface area (Å²) in [5.74, 6) is 0.802. The fourth-order valence-electron chi connectivity index (χ4n) is 2.78. The fourth-order valence-corrected chi connectivity index (χ4v) is 2.78. The SMILES string of the molecule is COC1CCC(O)(c2ccccc2OC(C)C)CC1. The maximum absolute atomic E-state index is 10.9. The highest BCUT2D eigenvalue weighted by molar-refractivity contribution is 5.38. The van der Waals surface area contributed by atoms with Gasteiger partial charge in [-0.3, -0.25) is 0 Å². The topological polar surface area (TPSA) is 38.7 Å². The van der Waals surface area contributed by atoms with E-state index >= 15 is 0 Å². The molecule has 0 saturated heterocycles. The van der Waals surface area contributed by atoms with Gasteiger partial charge in [0.15, 0.2) is 0 Å². The standard InChI is InChI=1S/C16H24O3/c1-12(2)19-15-7-5-4-6-14(15)16(17)10-8-13(18-3)9-11-16/h4-7,12-13,17H,8-11H2,1-3H3. The van der Waals surface area contributed by atoms with Crippen molar-refractivity contribution in [3.63, 3.8) is 0 Å². The normalized spacial score (nSPS) is 27.5. The predicted molar refractivity (Wildman–Crippen MR) is 75.4 cm³/mol. The molecular weight excluding hydrogens is 240 g/mol. The van der Waals surface area contributed by atoms with Gasteiger partial charge < -0.3 is 14.6 Å². The van der Waals surface area contributed by atoms with Crippen LogP contribution >= 0.6 is 0 Å². The van der Waals surface area contributed by atoms with Gasteiger partial charge in [0, 0.05) is 12.7 Å². The maximum Gasteiger partial charge on any atom is 0.125 e. The van der Waals surface area contributed by atoms with Gasteiger partial charge in [-0.1, -0.05) is 18.2 Å². The highest BCUT2D eigenvalue weighted by Gasteiger charge is 2.36. The molecule has 1 fully saturated rings. The second-order valence-electron chi connectivity index (χ2n) is 5.63. The summed E-state index contributed by atoms with van der Waals surface area (Å²) in [6.07, 6.45) is 3.62. The van der Waals surface area contributed by atoms with Crippen LogP contribution in [0.15, 0.2) is 24.3 Å². The molecule has 3 nitrogen and oxygen atoms in total. The smallest absolute Gasteiger partial charge is 0.125 e. The largest absolute Gasteiger partial charge is 0.491 e. The highest BCUT2D eigenvalue weighted by Crippen LogP contribution is 2.41. The van der Waals surface area contributed by atoms with Crippen LogP contribution < -0.4 is 4.74 Å². The van der Waals surface area contributed by atoms with Gasteiger partial charge in [-0.25, -0.2) is 0 Å². The van der Waals surface area contributed by atoms with E-state index in [1.165, 1.54) is 0 Å². The third-order valence-electron chi connectivity index (χ3n) is 3.84. The van der Waals surface area contributed by atoms with Crippen LogP contribution in [0.2, 0.25) is 0 Å². The van der Waals surface area contributed by atoms with Crippen molar-refractivity contribution < 1.29 is 14.6 Å². The summed E-state index contributed by atoms with van der Waals surface area (Å²) in [6.45, 7) is 4.01. The molecule has 0 spiro atoms. The Morgan fingerprint density at radius 3 is 2.42 bits per heavy atom. The summed E-state index contributed by atoms with van der Waals surface area (Å²) in [7, 11) is 1.74. The van der Waals surface area contributed by atoms with Gasteiger partial charge in [0.25, 0.3) is 0 Å². The van der Waals surface area contributed by atoms with Gasteiger partial charge in [0.1, 0.15) is 5.75 Å². The molecule has 0 unspecified atom stereocenters. The van der Waals surface area contributed by atoms with Crippen LogP contribution in [0.25, 0.3) is 0 Å². The summed E-state index contributed by atoms with van der Waals surface area (Å²) in [6, 6.07) is 7.83. The molecule has 0 aromatic heterocycles. The molecule has 3 heteroatoms. The number of rotatable bonds is 4. The Kier molecular flexibility index (Phi) is 4.48. The van der Waals surface area contributed by atoms with Gasteiger partial charge in [-0.05, 0) is 45.6 Å². The molecular formula is C16H24O3. The van der Waals surface area contributed by atoms with Crippen LogP contribution in [0.3, 0.4) is 0 Å². The zero-order valence-electron chi connectivity index (χ0n) is 12.1. The summed E-state index contributed by atoms with van der Waals surface area (Å²) in [5, 5.41) is 10.9. The lowest BCUT2D eigenvalue weighted by atomic mass is 9.78. The summed E-state index contributed by atoms with van der Waals surface area (Å²) in [5.41, 5.74) is 0.138. The van der Waals surface area contributed by atoms with Gasteiger partial charge >= 0.3 is 0 Å². The van der Waals surface area contributed by atoms with E-state index < -0.39 is 5.60 Å². The van der Waals surface area contributed by atoms with E-state index in [0.717, 1.165) is 37.0 Å². The maximum atomic E-state index is 10.9. The molecule has 1 aromatic rings. The van der Waals surface area contributed by atoms with E-state index in [-0.39, 0.29) is 12.2 Å². The Balaban J connectivity index is 2.21.